The Bertz CT molecular complexity index is 1510. The summed E-state index contributed by atoms with van der Waals surface area (Å²) in [5.74, 6) is 0. The molecule has 36 heavy (non-hydrogen) atoms. The molecule has 0 spiro atoms. The van der Waals surface area contributed by atoms with Gasteiger partial charge < -0.3 is 24.8 Å². The molecule has 1 aliphatic carbocycles. The van der Waals surface area contributed by atoms with E-state index in [1.807, 2.05) is 6.07 Å². The van der Waals surface area contributed by atoms with Crippen LogP contribution in [-0.4, -0.2) is 3.21 Å². The van der Waals surface area contributed by atoms with E-state index in [9.17, 15) is 0 Å². The molecule has 3 heteroatoms. The molecule has 6 aromatic rings. The fourth-order valence-electron chi connectivity index (χ4n) is 4.79. The minimum Gasteiger partial charge on any atom is -1.00 e. The zero-order chi connectivity index (χ0) is 23.5. The fourth-order valence-corrected chi connectivity index (χ4v) is 4.79. The van der Waals surface area contributed by atoms with Gasteiger partial charge in [0.15, 0.2) is 0 Å². The van der Waals surface area contributed by atoms with Gasteiger partial charge >= 0.3 is 41.3 Å². The second kappa shape index (κ2) is 12.7. The molecule has 0 amide bonds. The van der Waals surface area contributed by atoms with Crippen molar-refractivity contribution in [1.29, 1.82) is 0 Å². The molecule has 0 heterocycles. The molecule has 0 unspecified atom stereocenters. The largest absolute Gasteiger partial charge is 1.00 e. The van der Waals surface area contributed by atoms with Crippen LogP contribution in [0.25, 0.3) is 43.4 Å². The first-order valence-corrected chi connectivity index (χ1v) is 12.9. The number of hydrogen-bond acceptors (Lipinski definition) is 0. The second-order valence-electron chi connectivity index (χ2n) is 8.84. The van der Waals surface area contributed by atoms with Gasteiger partial charge in [0.1, 0.15) is 0 Å². The number of fused-ring (bicyclic) bond motifs is 9. The summed E-state index contributed by atoms with van der Waals surface area (Å²) in [5, 5.41) is 8.12. The molecule has 0 bridgehead atoms. The van der Waals surface area contributed by atoms with E-state index >= 15 is 0 Å². The van der Waals surface area contributed by atoms with E-state index in [2.05, 4.69) is 123 Å². The third-order valence-electron chi connectivity index (χ3n) is 6.16. The minimum atomic E-state index is 0. The van der Waals surface area contributed by atoms with Crippen LogP contribution in [0.2, 0.25) is 0 Å². The van der Waals surface area contributed by atoms with Crippen molar-refractivity contribution < 1.29 is 49.0 Å². The van der Waals surface area contributed by atoms with E-state index in [0.717, 1.165) is 6.42 Å². The van der Waals surface area contributed by atoms with Crippen molar-refractivity contribution >= 4 is 35.5 Å². The molecular formula is C33H26Cl2Zr-2. The van der Waals surface area contributed by atoms with E-state index in [0.29, 0.717) is 0 Å². The number of halogens is 2. The Balaban J connectivity index is 0.000000171. The summed E-state index contributed by atoms with van der Waals surface area (Å²) in [6.45, 7) is 4.25. The average Bonchev–Trinajstić information content (AvgIpc) is 3.50. The topological polar surface area (TPSA) is 0 Å². The fraction of sp³-hybridized carbons (Fsp3) is 0.0909. The molecule has 0 saturated heterocycles. The van der Waals surface area contributed by atoms with Gasteiger partial charge in [0, 0.05) is 0 Å². The molecule has 0 saturated carbocycles. The Labute approximate surface area is 240 Å². The molecule has 1 aliphatic rings. The molecule has 0 aromatic heterocycles. The molecule has 0 atom stereocenters. The normalized spacial score (nSPS) is 10.7. The van der Waals surface area contributed by atoms with Crippen molar-refractivity contribution in [2.24, 2.45) is 0 Å². The zero-order valence-corrected chi connectivity index (χ0v) is 24.3. The van der Waals surface area contributed by atoms with E-state index < -0.39 is 0 Å². The summed E-state index contributed by atoms with van der Waals surface area (Å²) < 4.78 is 1.51. The van der Waals surface area contributed by atoms with Crippen molar-refractivity contribution in [1.82, 2.24) is 0 Å². The van der Waals surface area contributed by atoms with Crippen LogP contribution in [0, 0.1) is 6.07 Å². The Morgan fingerprint density at radius 2 is 1.17 bits per heavy atom. The van der Waals surface area contributed by atoms with Crippen LogP contribution in [0.3, 0.4) is 0 Å². The molecular weight excluding hydrogens is 558 g/mol. The average molecular weight is 585 g/mol. The van der Waals surface area contributed by atoms with E-state index in [1.54, 1.807) is 24.2 Å². The number of benzene rings is 5. The van der Waals surface area contributed by atoms with Crippen LogP contribution in [-0.2, 0) is 30.7 Å². The maximum absolute atomic E-state index is 3.30. The van der Waals surface area contributed by atoms with Crippen LogP contribution in [0.4, 0.5) is 0 Å². The van der Waals surface area contributed by atoms with Crippen LogP contribution < -0.4 is 24.8 Å². The van der Waals surface area contributed by atoms with Crippen molar-refractivity contribution in [3.63, 3.8) is 0 Å². The van der Waals surface area contributed by atoms with E-state index in [1.165, 1.54) is 57.8 Å². The van der Waals surface area contributed by atoms with Crippen LogP contribution in [0.15, 0.2) is 109 Å². The first kappa shape index (κ1) is 28.1. The predicted octanol–water partition coefficient (Wildman–Crippen LogP) is 2.68. The zero-order valence-electron chi connectivity index (χ0n) is 20.4. The predicted molar refractivity (Wildman–Crippen MR) is 144 cm³/mol. The summed E-state index contributed by atoms with van der Waals surface area (Å²) in [4.78, 5) is 0. The van der Waals surface area contributed by atoms with Gasteiger partial charge in [-0.25, -0.2) is 0 Å². The Morgan fingerprint density at radius 1 is 0.667 bits per heavy atom. The first-order chi connectivity index (χ1) is 16.6. The summed E-state index contributed by atoms with van der Waals surface area (Å²) in [6.07, 6.45) is 1.05. The van der Waals surface area contributed by atoms with Gasteiger partial charge in [-0.15, -0.1) is 22.4 Å². The summed E-state index contributed by atoms with van der Waals surface area (Å²) in [7, 11) is 0. The van der Waals surface area contributed by atoms with Crippen molar-refractivity contribution in [3.8, 4) is 11.1 Å². The SMILES string of the molecule is C[C](C)=[Zr+2].[Cl-].[Cl-].[c-]1cccc2c1Cc1ccccc1-2.c1ccc2c(c1)c1ccccc1c1[cH-]ccc21. The van der Waals surface area contributed by atoms with Crippen LogP contribution in [0.5, 0.6) is 0 Å². The van der Waals surface area contributed by atoms with Crippen LogP contribution in [0.1, 0.15) is 25.0 Å². The van der Waals surface area contributed by atoms with Gasteiger partial charge in [-0.2, -0.15) is 42.0 Å². The molecule has 0 radical (unpaired) electrons. The molecule has 0 N–H and O–H groups in total. The quantitative estimate of drug-likeness (QED) is 0.190. The minimum absolute atomic E-state index is 0. The molecule has 0 fully saturated rings. The van der Waals surface area contributed by atoms with Gasteiger partial charge in [-0.3, -0.25) is 0 Å². The third-order valence-corrected chi connectivity index (χ3v) is 6.16. The second-order valence-corrected chi connectivity index (χ2v) is 11.3. The van der Waals surface area contributed by atoms with Crippen molar-refractivity contribution in [2.45, 2.75) is 20.3 Å². The first-order valence-electron chi connectivity index (χ1n) is 11.7. The Morgan fingerprint density at radius 3 is 1.83 bits per heavy atom. The van der Waals surface area contributed by atoms with Gasteiger partial charge in [0.2, 0.25) is 0 Å². The number of rotatable bonds is 0. The van der Waals surface area contributed by atoms with Crippen LogP contribution >= 0.6 is 0 Å². The summed E-state index contributed by atoms with van der Waals surface area (Å²) in [6, 6.07) is 42.0. The van der Waals surface area contributed by atoms with Gasteiger partial charge in [-0.05, 0) is 11.8 Å². The maximum atomic E-state index is 3.30. The third kappa shape index (κ3) is 5.76. The molecule has 0 nitrogen and oxygen atoms in total. The monoisotopic (exact) mass is 582 g/mol. The number of hydrogen-bond donors (Lipinski definition) is 0. The molecule has 6 aromatic carbocycles. The standard InChI is InChI=1S/C17H11.C13H9.C3H6.2ClH.Zr/c1-3-8-14-12(6-1)13-7-2-4-9-15(13)17-11-5-10-16(14)17;1-3-7-12-10(5-1)9-11-6-2-4-8-13(11)12;1-3-2;;;/h1-11H;1-5,7-8H,9H2;1-2H3;2*1H;/q2*-1;;;;+2/p-2. The van der Waals surface area contributed by atoms with Gasteiger partial charge in [0.25, 0.3) is 0 Å². The molecule has 7 rings (SSSR count). The smallest absolute Gasteiger partial charge is 0.0253 e. The van der Waals surface area contributed by atoms with E-state index in [4.69, 9.17) is 0 Å². The molecule has 178 valence electrons. The molecule has 0 aliphatic heterocycles. The Hall–Kier alpha value is -2.44. The summed E-state index contributed by atoms with van der Waals surface area (Å²) in [5.41, 5.74) is 5.51. The maximum Gasteiger partial charge on any atom is -0.0253 e. The van der Waals surface area contributed by atoms with Crippen molar-refractivity contribution in [3.05, 3.63) is 126 Å². The Kier molecular flexibility index (Phi) is 9.92. The van der Waals surface area contributed by atoms with Gasteiger partial charge in [0.05, 0.1) is 0 Å². The summed E-state index contributed by atoms with van der Waals surface area (Å²) >= 11 is 1.55. The van der Waals surface area contributed by atoms with E-state index in [-0.39, 0.29) is 24.8 Å². The van der Waals surface area contributed by atoms with Gasteiger partial charge in [-0.1, -0.05) is 100 Å². The van der Waals surface area contributed by atoms with Crippen molar-refractivity contribution in [2.75, 3.05) is 0 Å².